The second-order valence-corrected chi connectivity index (χ2v) is 5.09. The molecule has 0 spiro atoms. The summed E-state index contributed by atoms with van der Waals surface area (Å²) in [6, 6.07) is 3.54. The van der Waals surface area contributed by atoms with Gasteiger partial charge in [-0.05, 0) is 22.0 Å². The Hall–Kier alpha value is -2.22. The molecule has 0 fully saturated rings. The second-order valence-electron chi connectivity index (χ2n) is 4.30. The predicted octanol–water partition coefficient (Wildman–Crippen LogP) is 4.20. The number of anilines is 3. The van der Waals surface area contributed by atoms with Crippen LogP contribution in [0.25, 0.3) is 0 Å². The molecule has 116 valence electrons. The third-order valence-electron chi connectivity index (χ3n) is 2.93. The quantitative estimate of drug-likeness (QED) is 0.555. The summed E-state index contributed by atoms with van der Waals surface area (Å²) in [7, 11) is 1.20. The third-order valence-corrected chi connectivity index (χ3v) is 3.70. The molecule has 0 unspecified atom stereocenters. The fourth-order valence-electron chi connectivity index (χ4n) is 1.81. The minimum Gasteiger partial charge on any atom is -0.493 e. The van der Waals surface area contributed by atoms with Crippen LogP contribution in [0.5, 0.6) is 5.75 Å². The molecule has 22 heavy (non-hydrogen) atoms. The number of ether oxygens (including phenoxy) is 1. The highest BCUT2D eigenvalue weighted by Gasteiger charge is 2.16. The van der Waals surface area contributed by atoms with Gasteiger partial charge in [-0.3, -0.25) is 0 Å². The minimum absolute atomic E-state index is 0.0132. The van der Waals surface area contributed by atoms with Crippen LogP contribution in [0.1, 0.15) is 5.56 Å². The van der Waals surface area contributed by atoms with Gasteiger partial charge in [0.25, 0.3) is 0 Å². The minimum atomic E-state index is -1.12. The van der Waals surface area contributed by atoms with Gasteiger partial charge in [0.05, 0.1) is 23.0 Å². The third kappa shape index (κ3) is 2.87. The van der Waals surface area contributed by atoms with E-state index in [1.54, 1.807) is 0 Å². The molecule has 0 radical (unpaired) electrons. The van der Waals surface area contributed by atoms with Gasteiger partial charge in [0.2, 0.25) is 5.82 Å². The molecule has 0 aromatic heterocycles. The Labute approximate surface area is 132 Å². The number of benzene rings is 2. The number of hydrogen-bond acceptors (Lipinski definition) is 4. The molecule has 0 heterocycles. The lowest BCUT2D eigenvalue weighted by atomic mass is 10.1. The van der Waals surface area contributed by atoms with Gasteiger partial charge >= 0.3 is 0 Å². The van der Waals surface area contributed by atoms with Crippen LogP contribution in [0, 0.1) is 22.9 Å². The van der Waals surface area contributed by atoms with Gasteiger partial charge in [-0.2, -0.15) is 4.39 Å². The van der Waals surface area contributed by atoms with E-state index in [1.807, 2.05) is 0 Å². The number of halogens is 4. The predicted molar refractivity (Wildman–Crippen MR) is 82.6 cm³/mol. The van der Waals surface area contributed by atoms with Crippen molar-refractivity contribution in [2.45, 2.75) is 0 Å². The number of hydrogen-bond donors (Lipinski definition) is 3. The topological polar surface area (TPSA) is 71.1 Å². The van der Waals surface area contributed by atoms with Crippen LogP contribution in [0.2, 0.25) is 0 Å². The van der Waals surface area contributed by atoms with Crippen LogP contribution in [0.3, 0.4) is 0 Å². The molecule has 0 amide bonds. The molecule has 0 saturated heterocycles. The van der Waals surface area contributed by atoms with E-state index in [0.29, 0.717) is 0 Å². The van der Waals surface area contributed by atoms with Crippen molar-refractivity contribution in [3.8, 4) is 5.75 Å². The maximum Gasteiger partial charge on any atom is 0.200 e. The molecule has 4 nitrogen and oxygen atoms in total. The van der Waals surface area contributed by atoms with Crippen molar-refractivity contribution in [3.05, 3.63) is 45.7 Å². The number of methoxy groups -OCH3 is 1. The average Bonchev–Trinajstić information content (AvgIpc) is 2.51. The lowest BCUT2D eigenvalue weighted by Crippen LogP contribution is -2.03. The molecule has 0 saturated carbocycles. The Morgan fingerprint density at radius 1 is 1.23 bits per heavy atom. The highest BCUT2D eigenvalue weighted by molar-refractivity contribution is 9.10. The van der Waals surface area contributed by atoms with Crippen LogP contribution in [-0.4, -0.2) is 13.3 Å². The van der Waals surface area contributed by atoms with E-state index in [2.05, 4.69) is 21.2 Å². The smallest absolute Gasteiger partial charge is 0.200 e. The fraction of sp³-hybridized carbons (Fsp3) is 0.0714. The first kappa shape index (κ1) is 16.2. The SMILES string of the molecule is COc1cc(Nc2cc(C=N)c(N)c(F)c2Br)cc(F)c1F. The van der Waals surface area contributed by atoms with Crippen molar-refractivity contribution in [2.24, 2.45) is 0 Å². The maximum atomic E-state index is 14.0. The van der Waals surface area contributed by atoms with Crippen molar-refractivity contribution < 1.29 is 17.9 Å². The normalized spacial score (nSPS) is 10.4. The molecule has 2 aromatic carbocycles. The highest BCUT2D eigenvalue weighted by Crippen LogP contribution is 2.35. The molecule has 0 bridgehead atoms. The summed E-state index contributed by atoms with van der Waals surface area (Å²) in [6.07, 6.45) is 0.891. The average molecular weight is 374 g/mol. The van der Waals surface area contributed by atoms with Crippen LogP contribution < -0.4 is 15.8 Å². The van der Waals surface area contributed by atoms with Crippen molar-refractivity contribution in [3.63, 3.8) is 0 Å². The van der Waals surface area contributed by atoms with Crippen LogP contribution in [-0.2, 0) is 0 Å². The zero-order chi connectivity index (χ0) is 16.4. The molecule has 2 aromatic rings. The maximum absolute atomic E-state index is 14.0. The van der Waals surface area contributed by atoms with Crippen molar-refractivity contribution in [2.75, 3.05) is 18.2 Å². The molecule has 0 aliphatic rings. The molecule has 0 aliphatic carbocycles. The van der Waals surface area contributed by atoms with Crippen LogP contribution >= 0.6 is 15.9 Å². The number of rotatable bonds is 4. The van der Waals surface area contributed by atoms with E-state index in [0.717, 1.165) is 12.3 Å². The largest absolute Gasteiger partial charge is 0.493 e. The summed E-state index contributed by atoms with van der Waals surface area (Å²) < 4.78 is 45.6. The lowest BCUT2D eigenvalue weighted by Gasteiger charge is -2.14. The van der Waals surface area contributed by atoms with E-state index >= 15 is 0 Å². The van der Waals surface area contributed by atoms with E-state index in [9.17, 15) is 13.2 Å². The van der Waals surface area contributed by atoms with Gasteiger partial charge in [0.15, 0.2) is 17.4 Å². The van der Waals surface area contributed by atoms with Gasteiger partial charge < -0.3 is 21.2 Å². The first-order valence-electron chi connectivity index (χ1n) is 5.97. The lowest BCUT2D eigenvalue weighted by molar-refractivity contribution is 0.372. The summed E-state index contributed by atoms with van der Waals surface area (Å²) in [5.41, 5.74) is 5.85. The summed E-state index contributed by atoms with van der Waals surface area (Å²) in [5, 5.41) is 9.94. The van der Waals surface area contributed by atoms with E-state index < -0.39 is 17.5 Å². The Morgan fingerprint density at radius 3 is 2.50 bits per heavy atom. The summed E-state index contributed by atoms with van der Waals surface area (Å²) >= 11 is 3.03. The first-order valence-corrected chi connectivity index (χ1v) is 6.76. The molecule has 4 N–H and O–H groups in total. The molecular formula is C14H11BrF3N3O. The molecule has 2 rings (SSSR count). The summed E-state index contributed by atoms with van der Waals surface area (Å²) in [5.74, 6) is -3.27. The van der Waals surface area contributed by atoms with Gasteiger partial charge in [-0.25, -0.2) is 8.78 Å². The van der Waals surface area contributed by atoms with E-state index in [4.69, 9.17) is 15.9 Å². The summed E-state index contributed by atoms with van der Waals surface area (Å²) in [4.78, 5) is 0. The monoisotopic (exact) mass is 373 g/mol. The Bertz CT molecular complexity index is 753. The van der Waals surface area contributed by atoms with Crippen LogP contribution in [0.4, 0.5) is 30.2 Å². The fourth-order valence-corrected chi connectivity index (χ4v) is 2.24. The first-order chi connectivity index (χ1) is 10.4. The molecule has 0 aliphatic heterocycles. The highest BCUT2D eigenvalue weighted by atomic mass is 79.9. The van der Waals surface area contributed by atoms with Crippen molar-refractivity contribution in [1.82, 2.24) is 0 Å². The van der Waals surface area contributed by atoms with Gasteiger partial charge in [-0.1, -0.05) is 0 Å². The van der Waals surface area contributed by atoms with Gasteiger partial charge in [0.1, 0.15) is 0 Å². The number of nitrogens with two attached hydrogens (primary N) is 1. The van der Waals surface area contributed by atoms with Crippen LogP contribution in [0.15, 0.2) is 22.7 Å². The zero-order valence-electron chi connectivity index (χ0n) is 11.3. The molecule has 8 heteroatoms. The summed E-state index contributed by atoms with van der Waals surface area (Å²) in [6.45, 7) is 0. The number of nitrogens with one attached hydrogen (secondary N) is 2. The standard InChI is InChI=1S/C14H11BrF3N3O/c1-22-10-4-7(3-8(16)12(10)17)21-9-2-6(5-19)14(20)13(18)11(9)15/h2-5,19,21H,20H2,1H3. The van der Waals surface area contributed by atoms with E-state index in [-0.39, 0.29) is 32.8 Å². The van der Waals surface area contributed by atoms with Crippen molar-refractivity contribution >= 4 is 39.2 Å². The Balaban J connectivity index is 2.50. The number of nitrogen functional groups attached to an aromatic ring is 1. The second kappa shape index (κ2) is 6.27. The molecular weight excluding hydrogens is 363 g/mol. The van der Waals surface area contributed by atoms with E-state index in [1.165, 1.54) is 19.2 Å². The van der Waals surface area contributed by atoms with Crippen molar-refractivity contribution in [1.29, 1.82) is 5.41 Å². The Morgan fingerprint density at radius 2 is 1.91 bits per heavy atom. The molecule has 0 atom stereocenters. The van der Waals surface area contributed by atoms with Gasteiger partial charge in [0, 0.05) is 29.6 Å². The Kier molecular flexibility index (Phi) is 4.60. The van der Waals surface area contributed by atoms with Gasteiger partial charge in [-0.15, -0.1) is 0 Å². The zero-order valence-corrected chi connectivity index (χ0v) is 12.9.